The number of hydrogen-bond donors (Lipinski definition) is 0. The number of likely N-dealkylation sites (N-methyl/N-ethyl adjacent to an activating group) is 2. The maximum absolute atomic E-state index is 6.21. The van der Waals surface area contributed by atoms with Gasteiger partial charge < -0.3 is 14.4 Å². The van der Waals surface area contributed by atoms with E-state index in [0.29, 0.717) is 24.3 Å². The molecule has 1 saturated heterocycles. The van der Waals surface area contributed by atoms with Crippen LogP contribution in [0.25, 0.3) is 0 Å². The normalized spacial score (nSPS) is 33.7. The quantitative estimate of drug-likeness (QED) is 0.469. The molecule has 0 aromatic rings. The molecule has 29 heavy (non-hydrogen) atoms. The summed E-state index contributed by atoms with van der Waals surface area (Å²) in [4.78, 5) is 2.44. The molecule has 4 atom stereocenters. The average Bonchev–Trinajstić information content (AvgIpc) is 3.29. The van der Waals surface area contributed by atoms with Gasteiger partial charge in [0.25, 0.3) is 0 Å². The van der Waals surface area contributed by atoms with Gasteiger partial charge in [-0.05, 0) is 58.4 Å². The van der Waals surface area contributed by atoms with Crippen LogP contribution >= 0.6 is 0 Å². The lowest BCUT2D eigenvalue weighted by atomic mass is 9.92. The molecular weight excluding hydrogens is 360 g/mol. The summed E-state index contributed by atoms with van der Waals surface area (Å²) in [6, 6.07) is 1.17. The summed E-state index contributed by atoms with van der Waals surface area (Å²) >= 11 is 0. The molecule has 4 nitrogen and oxygen atoms in total. The van der Waals surface area contributed by atoms with Gasteiger partial charge in [0.1, 0.15) is 12.6 Å². The summed E-state index contributed by atoms with van der Waals surface area (Å²) in [5.41, 5.74) is 0. The number of nitrogens with zero attached hydrogens (tertiary/aromatic N) is 2. The summed E-state index contributed by atoms with van der Waals surface area (Å²) in [7, 11) is 0. The Morgan fingerprint density at radius 1 is 0.862 bits per heavy atom. The van der Waals surface area contributed by atoms with E-state index in [4.69, 9.17) is 9.47 Å². The van der Waals surface area contributed by atoms with Crippen LogP contribution in [0.4, 0.5) is 0 Å². The zero-order valence-corrected chi connectivity index (χ0v) is 18.1. The number of allylic oxidation sites excluding steroid dienone is 6. The van der Waals surface area contributed by atoms with E-state index < -0.39 is 0 Å². The second kappa shape index (κ2) is 9.69. The maximum Gasteiger partial charge on any atom is 0.363 e. The van der Waals surface area contributed by atoms with Gasteiger partial charge in [-0.2, -0.15) is 4.58 Å². The fraction of sp³-hybridized carbons (Fsp3) is 0.640. The largest absolute Gasteiger partial charge is 0.474 e. The molecule has 2 aliphatic carbocycles. The van der Waals surface area contributed by atoms with Crippen molar-refractivity contribution in [3.05, 3.63) is 48.4 Å². The summed E-state index contributed by atoms with van der Waals surface area (Å²) in [5.74, 6) is 2.08. The fourth-order valence-electron chi connectivity index (χ4n) is 5.43. The minimum atomic E-state index is 0.399. The molecule has 0 aromatic heterocycles. The molecule has 2 saturated carbocycles. The van der Waals surface area contributed by atoms with Gasteiger partial charge in [0.05, 0.1) is 6.04 Å². The molecule has 3 fully saturated rings. The molecule has 0 N–H and O–H groups in total. The van der Waals surface area contributed by atoms with Crippen LogP contribution in [-0.2, 0) is 9.47 Å². The number of rotatable bonds is 6. The SMILES string of the molecule is CCN1/C(=C/C=C/C=C/C=C/C2=[N+](CC)C3CCCCC3O2)OC2CCCCC21. The zero-order valence-electron chi connectivity index (χ0n) is 18.1. The Balaban J connectivity index is 1.32. The maximum atomic E-state index is 6.21. The highest BCUT2D eigenvalue weighted by Gasteiger charge is 2.43. The standard InChI is InChI=1S/C25H37N2O2/c1-3-26-20-14-10-12-16-22(20)28-24(26)18-8-6-5-7-9-19-25-27(4-2)21-15-11-13-17-23(21)29-25/h5-9,18-23H,3-4,10-17H2,1-2H3/q+1. The molecule has 0 bridgehead atoms. The molecule has 0 amide bonds. The monoisotopic (exact) mass is 397 g/mol. The van der Waals surface area contributed by atoms with E-state index in [1.807, 2.05) is 0 Å². The first kappa shape index (κ1) is 20.3. The van der Waals surface area contributed by atoms with Crippen molar-refractivity contribution in [1.29, 1.82) is 0 Å². The van der Waals surface area contributed by atoms with Crippen molar-refractivity contribution < 1.29 is 14.0 Å². The van der Waals surface area contributed by atoms with Crippen LogP contribution in [-0.4, -0.2) is 52.8 Å². The van der Waals surface area contributed by atoms with Gasteiger partial charge >= 0.3 is 5.90 Å². The van der Waals surface area contributed by atoms with Crippen molar-refractivity contribution in [2.75, 3.05) is 13.1 Å². The lowest BCUT2D eigenvalue weighted by molar-refractivity contribution is -0.558. The highest BCUT2D eigenvalue weighted by atomic mass is 16.5. The molecular formula is C25H37N2O2+. The lowest BCUT2D eigenvalue weighted by Crippen LogP contribution is -2.36. The summed E-state index contributed by atoms with van der Waals surface area (Å²) in [6.07, 6.45) is 25.6. The van der Waals surface area contributed by atoms with Crippen LogP contribution in [0.15, 0.2) is 48.4 Å². The Morgan fingerprint density at radius 2 is 1.59 bits per heavy atom. The first-order valence-electron chi connectivity index (χ1n) is 11.8. The fourth-order valence-corrected chi connectivity index (χ4v) is 5.43. The third kappa shape index (κ3) is 4.46. The van der Waals surface area contributed by atoms with Gasteiger partial charge in [-0.15, -0.1) is 0 Å². The van der Waals surface area contributed by atoms with E-state index in [0.717, 1.165) is 24.9 Å². The lowest BCUT2D eigenvalue weighted by Gasteiger charge is -2.28. The average molecular weight is 398 g/mol. The first-order chi connectivity index (χ1) is 14.3. The van der Waals surface area contributed by atoms with E-state index in [1.54, 1.807) is 0 Å². The molecule has 4 aliphatic rings. The predicted molar refractivity (Wildman–Crippen MR) is 118 cm³/mol. The van der Waals surface area contributed by atoms with Gasteiger partial charge in [0, 0.05) is 19.0 Å². The third-order valence-corrected chi connectivity index (χ3v) is 6.85. The van der Waals surface area contributed by atoms with Gasteiger partial charge in [0.2, 0.25) is 0 Å². The van der Waals surface area contributed by atoms with Crippen molar-refractivity contribution in [3.8, 4) is 0 Å². The van der Waals surface area contributed by atoms with Gasteiger partial charge in [-0.1, -0.05) is 36.8 Å². The Kier molecular flexibility index (Phi) is 6.78. The molecule has 0 radical (unpaired) electrons. The molecule has 2 aliphatic heterocycles. The van der Waals surface area contributed by atoms with Crippen LogP contribution in [0.1, 0.15) is 65.2 Å². The molecule has 4 heteroatoms. The molecule has 2 heterocycles. The van der Waals surface area contributed by atoms with E-state index >= 15 is 0 Å². The van der Waals surface area contributed by atoms with Gasteiger partial charge in [-0.25, -0.2) is 0 Å². The zero-order chi connectivity index (χ0) is 20.1. The summed E-state index contributed by atoms with van der Waals surface area (Å²) in [6.45, 7) is 6.49. The van der Waals surface area contributed by atoms with Crippen molar-refractivity contribution >= 4 is 5.90 Å². The van der Waals surface area contributed by atoms with Crippen LogP contribution in [0.2, 0.25) is 0 Å². The van der Waals surface area contributed by atoms with Crippen LogP contribution in [0, 0.1) is 0 Å². The molecule has 0 spiro atoms. The second-order valence-corrected chi connectivity index (χ2v) is 8.56. The van der Waals surface area contributed by atoms with E-state index in [9.17, 15) is 0 Å². The molecule has 0 aromatic carbocycles. The Labute approximate surface area is 176 Å². The Hall–Kier alpha value is -1.97. The molecule has 4 rings (SSSR count). The highest BCUT2D eigenvalue weighted by molar-refractivity contribution is 5.84. The van der Waals surface area contributed by atoms with Crippen molar-refractivity contribution in [1.82, 2.24) is 4.90 Å². The highest BCUT2D eigenvalue weighted by Crippen LogP contribution is 2.35. The predicted octanol–water partition coefficient (Wildman–Crippen LogP) is 4.93. The minimum absolute atomic E-state index is 0.399. The third-order valence-electron chi connectivity index (χ3n) is 6.85. The van der Waals surface area contributed by atoms with Gasteiger partial charge in [0.15, 0.2) is 18.0 Å². The van der Waals surface area contributed by atoms with E-state index in [1.165, 1.54) is 51.4 Å². The van der Waals surface area contributed by atoms with Crippen molar-refractivity contribution in [3.63, 3.8) is 0 Å². The Bertz CT molecular complexity index is 718. The molecule has 4 unspecified atom stereocenters. The minimum Gasteiger partial charge on any atom is -0.474 e. The Morgan fingerprint density at radius 3 is 2.41 bits per heavy atom. The van der Waals surface area contributed by atoms with Crippen molar-refractivity contribution in [2.45, 2.75) is 89.5 Å². The van der Waals surface area contributed by atoms with Crippen LogP contribution in [0.3, 0.4) is 0 Å². The summed E-state index contributed by atoms with van der Waals surface area (Å²) in [5, 5.41) is 0. The van der Waals surface area contributed by atoms with E-state index in [2.05, 4.69) is 65.9 Å². The van der Waals surface area contributed by atoms with E-state index in [-0.39, 0.29) is 0 Å². The number of ether oxygens (including phenoxy) is 2. The van der Waals surface area contributed by atoms with Crippen LogP contribution in [0.5, 0.6) is 0 Å². The first-order valence-corrected chi connectivity index (χ1v) is 11.8. The smallest absolute Gasteiger partial charge is 0.363 e. The second-order valence-electron chi connectivity index (χ2n) is 8.56. The molecule has 158 valence electrons. The topological polar surface area (TPSA) is 24.7 Å². The summed E-state index contributed by atoms with van der Waals surface area (Å²) < 4.78 is 14.8. The number of fused-ring (bicyclic) bond motifs is 2. The van der Waals surface area contributed by atoms with Crippen LogP contribution < -0.4 is 0 Å². The number of hydrogen-bond acceptors (Lipinski definition) is 3. The van der Waals surface area contributed by atoms with Gasteiger partial charge in [-0.3, -0.25) is 0 Å². The van der Waals surface area contributed by atoms with Crippen molar-refractivity contribution in [2.24, 2.45) is 0 Å².